The van der Waals surface area contributed by atoms with Gasteiger partial charge in [0.1, 0.15) is 0 Å². The second-order valence-corrected chi connectivity index (χ2v) is 8.87. The molecule has 0 atom stereocenters. The molecule has 2 amide bonds. The first-order chi connectivity index (χ1) is 15.0. The van der Waals surface area contributed by atoms with E-state index in [4.69, 9.17) is 11.6 Å². The molecule has 0 radical (unpaired) electrons. The highest BCUT2D eigenvalue weighted by Gasteiger charge is 2.43. The van der Waals surface area contributed by atoms with E-state index in [9.17, 15) is 9.59 Å². The van der Waals surface area contributed by atoms with Crippen molar-refractivity contribution in [3.63, 3.8) is 0 Å². The lowest BCUT2D eigenvalue weighted by molar-refractivity contribution is -0.131. The summed E-state index contributed by atoms with van der Waals surface area (Å²) >= 11 is 6.61. The number of hydrogen-bond acceptors (Lipinski definition) is 3. The van der Waals surface area contributed by atoms with Crippen molar-refractivity contribution in [2.45, 2.75) is 44.4 Å². The molecular weight excluding hydrogens is 410 g/mol. The van der Waals surface area contributed by atoms with Crippen LogP contribution >= 0.6 is 11.6 Å². The molecule has 5 nitrogen and oxygen atoms in total. The van der Waals surface area contributed by atoms with Crippen LogP contribution in [0, 0.1) is 0 Å². The summed E-state index contributed by atoms with van der Waals surface area (Å²) < 4.78 is 0. The van der Waals surface area contributed by atoms with Crippen LogP contribution in [-0.2, 0) is 15.0 Å². The van der Waals surface area contributed by atoms with Gasteiger partial charge in [-0.3, -0.25) is 9.59 Å². The molecule has 1 N–H and O–H groups in total. The molecule has 6 heteroatoms. The van der Waals surface area contributed by atoms with Gasteiger partial charge in [0.25, 0.3) is 0 Å². The van der Waals surface area contributed by atoms with E-state index in [1.807, 2.05) is 48.2 Å². The Kier molecular flexibility index (Phi) is 6.51. The monoisotopic (exact) mass is 439 g/mol. The van der Waals surface area contributed by atoms with Crippen LogP contribution in [0.5, 0.6) is 0 Å². The molecule has 2 aromatic rings. The molecule has 0 aromatic heterocycles. The minimum absolute atomic E-state index is 0.0412. The van der Waals surface area contributed by atoms with E-state index in [2.05, 4.69) is 22.3 Å². The first kappa shape index (κ1) is 21.7. The predicted molar refractivity (Wildman–Crippen MR) is 126 cm³/mol. The van der Waals surface area contributed by atoms with Crippen molar-refractivity contribution < 1.29 is 9.59 Å². The highest BCUT2D eigenvalue weighted by molar-refractivity contribution is 6.34. The van der Waals surface area contributed by atoms with E-state index in [0.29, 0.717) is 37.6 Å². The zero-order valence-electron chi connectivity index (χ0n) is 18.1. The fraction of sp³-hybridized carbons (Fsp3) is 0.440. The molecule has 0 unspecified atom stereocenters. The van der Waals surface area contributed by atoms with Crippen LogP contribution in [0.4, 0.5) is 11.4 Å². The van der Waals surface area contributed by atoms with Crippen LogP contribution in [-0.4, -0.2) is 42.9 Å². The zero-order chi connectivity index (χ0) is 21.8. The van der Waals surface area contributed by atoms with Gasteiger partial charge in [0, 0.05) is 32.6 Å². The molecule has 2 aliphatic rings. The second-order valence-electron chi connectivity index (χ2n) is 8.47. The molecule has 1 saturated heterocycles. The molecule has 1 aliphatic carbocycles. The van der Waals surface area contributed by atoms with Gasteiger partial charge in [-0.2, -0.15) is 0 Å². The number of rotatable bonds is 5. The van der Waals surface area contributed by atoms with Crippen molar-refractivity contribution in [3.8, 4) is 0 Å². The number of nitrogens with one attached hydrogen (secondary N) is 1. The van der Waals surface area contributed by atoms with Crippen LogP contribution in [0.15, 0.2) is 48.5 Å². The number of piperazine rings is 1. The molecule has 4 rings (SSSR count). The lowest BCUT2D eigenvalue weighted by Crippen LogP contribution is -2.49. The average Bonchev–Trinajstić information content (AvgIpc) is 3.31. The summed E-state index contributed by atoms with van der Waals surface area (Å²) in [7, 11) is 0. The molecule has 31 heavy (non-hydrogen) atoms. The second kappa shape index (κ2) is 9.31. The van der Waals surface area contributed by atoms with Crippen molar-refractivity contribution in [2.24, 2.45) is 0 Å². The van der Waals surface area contributed by atoms with Crippen LogP contribution < -0.4 is 10.2 Å². The summed E-state index contributed by atoms with van der Waals surface area (Å²) in [6, 6.07) is 15.8. The Morgan fingerprint density at radius 1 is 0.968 bits per heavy atom. The average molecular weight is 440 g/mol. The molecule has 1 heterocycles. The maximum atomic E-state index is 13.6. The lowest BCUT2D eigenvalue weighted by atomic mass is 9.78. The fourth-order valence-corrected chi connectivity index (χ4v) is 5.26. The number of anilines is 2. The van der Waals surface area contributed by atoms with Crippen molar-refractivity contribution >= 4 is 34.8 Å². The SMILES string of the molecule is CCC(=O)N1CCN(c2c(Cl)cccc2NC(=O)C2(c3ccccc3)CCCC2)CC1. The first-order valence-electron chi connectivity index (χ1n) is 11.2. The van der Waals surface area contributed by atoms with Crippen LogP contribution in [0.2, 0.25) is 5.02 Å². The molecule has 1 saturated carbocycles. The maximum Gasteiger partial charge on any atom is 0.235 e. The van der Waals surface area contributed by atoms with Gasteiger partial charge in [0.2, 0.25) is 11.8 Å². The van der Waals surface area contributed by atoms with Gasteiger partial charge in [0.15, 0.2) is 0 Å². The van der Waals surface area contributed by atoms with Crippen molar-refractivity contribution in [3.05, 3.63) is 59.1 Å². The highest BCUT2D eigenvalue weighted by Crippen LogP contribution is 2.43. The largest absolute Gasteiger partial charge is 0.365 e. The maximum absolute atomic E-state index is 13.6. The Morgan fingerprint density at radius 3 is 2.29 bits per heavy atom. The Bertz CT molecular complexity index is 933. The molecule has 0 spiro atoms. The van der Waals surface area contributed by atoms with Gasteiger partial charge in [-0.25, -0.2) is 0 Å². The number of nitrogens with zero attached hydrogens (tertiary/aromatic N) is 2. The highest BCUT2D eigenvalue weighted by atomic mass is 35.5. The normalized spacial score (nSPS) is 18.1. The summed E-state index contributed by atoms with van der Waals surface area (Å²) in [5, 5.41) is 3.85. The third-order valence-corrected chi connectivity index (χ3v) is 7.01. The molecule has 2 aromatic carbocycles. The number of hydrogen-bond donors (Lipinski definition) is 1. The van der Waals surface area contributed by atoms with Crippen LogP contribution in [0.1, 0.15) is 44.6 Å². The molecule has 2 fully saturated rings. The van der Waals surface area contributed by atoms with Crippen molar-refractivity contribution in [2.75, 3.05) is 36.4 Å². The molecular formula is C25H30ClN3O2. The minimum atomic E-state index is -0.493. The van der Waals surface area contributed by atoms with Gasteiger partial charge >= 0.3 is 0 Å². The predicted octanol–water partition coefficient (Wildman–Crippen LogP) is 4.85. The summed E-state index contributed by atoms with van der Waals surface area (Å²) in [5.74, 6) is 0.220. The Hall–Kier alpha value is -2.53. The third-order valence-electron chi connectivity index (χ3n) is 6.70. The number of para-hydroxylation sites is 1. The topological polar surface area (TPSA) is 52.7 Å². The summed E-state index contributed by atoms with van der Waals surface area (Å²) in [5.41, 5.74) is 2.19. The van der Waals surface area contributed by atoms with Gasteiger partial charge in [-0.15, -0.1) is 0 Å². The quantitative estimate of drug-likeness (QED) is 0.724. The summed E-state index contributed by atoms with van der Waals surface area (Å²) in [4.78, 5) is 29.7. The number of carbonyl (C=O) groups is 2. The van der Waals surface area contributed by atoms with Crippen LogP contribution in [0.3, 0.4) is 0 Å². The van der Waals surface area contributed by atoms with Crippen LogP contribution in [0.25, 0.3) is 0 Å². The van der Waals surface area contributed by atoms with E-state index >= 15 is 0 Å². The number of halogens is 1. The molecule has 0 bridgehead atoms. The third kappa shape index (κ3) is 4.29. The van der Waals surface area contributed by atoms with Gasteiger partial charge in [0.05, 0.1) is 21.8 Å². The van der Waals surface area contributed by atoms with Gasteiger partial charge in [-0.1, -0.05) is 67.8 Å². The van der Waals surface area contributed by atoms with E-state index in [0.717, 1.165) is 42.6 Å². The first-order valence-corrected chi connectivity index (χ1v) is 11.6. The van der Waals surface area contributed by atoms with Crippen molar-refractivity contribution in [1.29, 1.82) is 0 Å². The van der Waals surface area contributed by atoms with Gasteiger partial charge in [-0.05, 0) is 30.5 Å². The number of amides is 2. The standard InChI is InChI=1S/C25H30ClN3O2/c1-2-22(30)28-15-17-29(18-16-28)23-20(26)11-8-12-21(23)27-24(31)25(13-6-7-14-25)19-9-4-3-5-10-19/h3-5,8-12H,2,6-7,13-18H2,1H3,(H,27,31). The minimum Gasteiger partial charge on any atom is -0.365 e. The van der Waals surface area contributed by atoms with Gasteiger partial charge < -0.3 is 15.1 Å². The fourth-order valence-electron chi connectivity index (χ4n) is 4.97. The van der Waals surface area contributed by atoms with E-state index in [1.165, 1.54) is 0 Å². The Balaban J connectivity index is 1.58. The van der Waals surface area contributed by atoms with E-state index < -0.39 is 5.41 Å². The zero-order valence-corrected chi connectivity index (χ0v) is 18.8. The number of benzene rings is 2. The Morgan fingerprint density at radius 2 is 1.65 bits per heavy atom. The lowest BCUT2D eigenvalue weighted by Gasteiger charge is -2.37. The summed E-state index contributed by atoms with van der Waals surface area (Å²) in [6.07, 6.45) is 4.35. The molecule has 1 aliphatic heterocycles. The smallest absolute Gasteiger partial charge is 0.235 e. The Labute approximate surface area is 189 Å². The van der Waals surface area contributed by atoms with E-state index in [1.54, 1.807) is 0 Å². The van der Waals surface area contributed by atoms with E-state index in [-0.39, 0.29) is 11.8 Å². The molecule has 164 valence electrons. The number of carbonyl (C=O) groups excluding carboxylic acids is 2. The summed E-state index contributed by atoms with van der Waals surface area (Å²) in [6.45, 7) is 4.62. The van der Waals surface area contributed by atoms with Crippen molar-refractivity contribution in [1.82, 2.24) is 4.90 Å².